The zero-order valence-corrected chi connectivity index (χ0v) is 12.0. The molecule has 0 bridgehead atoms. The van der Waals surface area contributed by atoms with Crippen molar-refractivity contribution in [2.45, 2.75) is 13.0 Å². The Bertz CT molecular complexity index is 671. The number of benzene rings is 2. The van der Waals surface area contributed by atoms with Crippen molar-refractivity contribution in [1.82, 2.24) is 0 Å². The van der Waals surface area contributed by atoms with Crippen LogP contribution in [0.15, 0.2) is 36.4 Å². The fourth-order valence-electron chi connectivity index (χ4n) is 2.01. The molecular weight excluding hydrogens is 295 g/mol. The monoisotopic (exact) mass is 308 g/mol. The topological polar surface area (TPSA) is 75.3 Å². The van der Waals surface area contributed by atoms with Gasteiger partial charge in [-0.2, -0.15) is 0 Å². The van der Waals surface area contributed by atoms with Gasteiger partial charge in [0.2, 0.25) is 5.91 Å². The number of aromatic hydroxyl groups is 1. The average Bonchev–Trinajstić information content (AvgIpc) is 2.38. The molecular formula is C15H14ClFN2O2. The van der Waals surface area contributed by atoms with E-state index in [1.807, 2.05) is 0 Å². The molecule has 2 rings (SSSR count). The highest BCUT2D eigenvalue weighted by molar-refractivity contribution is 6.32. The third-order valence-corrected chi connectivity index (χ3v) is 3.25. The van der Waals surface area contributed by atoms with Crippen molar-refractivity contribution in [2.75, 3.05) is 5.32 Å². The minimum Gasteiger partial charge on any atom is -0.506 e. The second-order valence-corrected chi connectivity index (χ2v) is 5.12. The summed E-state index contributed by atoms with van der Waals surface area (Å²) in [4.78, 5) is 11.6. The molecule has 0 aromatic heterocycles. The molecule has 0 aliphatic carbocycles. The van der Waals surface area contributed by atoms with Crippen LogP contribution < -0.4 is 11.1 Å². The molecule has 1 amide bonds. The van der Waals surface area contributed by atoms with E-state index in [2.05, 4.69) is 5.32 Å². The molecule has 4 nitrogen and oxygen atoms in total. The van der Waals surface area contributed by atoms with Gasteiger partial charge < -0.3 is 16.2 Å². The molecule has 0 saturated carbocycles. The Balaban J connectivity index is 2.35. The second-order valence-electron chi connectivity index (χ2n) is 4.71. The first-order valence-corrected chi connectivity index (χ1v) is 6.56. The third-order valence-electron chi connectivity index (χ3n) is 2.94. The molecule has 0 radical (unpaired) electrons. The van der Waals surface area contributed by atoms with Gasteiger partial charge in [-0.25, -0.2) is 4.39 Å². The molecule has 0 unspecified atom stereocenters. The normalized spacial score (nSPS) is 12.0. The third kappa shape index (κ3) is 3.64. The fraction of sp³-hybridized carbons (Fsp3) is 0.133. The van der Waals surface area contributed by atoms with E-state index < -0.39 is 17.8 Å². The number of halogens is 2. The van der Waals surface area contributed by atoms with Gasteiger partial charge in [-0.05, 0) is 48.4 Å². The van der Waals surface area contributed by atoms with Crippen LogP contribution in [-0.2, 0) is 4.79 Å². The lowest BCUT2D eigenvalue weighted by atomic mass is 10.1. The first-order valence-electron chi connectivity index (χ1n) is 6.18. The van der Waals surface area contributed by atoms with Crippen molar-refractivity contribution in [1.29, 1.82) is 0 Å². The minimum atomic E-state index is -0.885. The molecule has 0 heterocycles. The summed E-state index contributed by atoms with van der Waals surface area (Å²) in [5.41, 5.74) is 7.00. The van der Waals surface area contributed by atoms with Gasteiger partial charge in [0, 0.05) is 5.69 Å². The number of phenolic OH excluding ortho intramolecular Hbond substituents is 1. The molecule has 2 aromatic rings. The van der Waals surface area contributed by atoms with Gasteiger partial charge >= 0.3 is 0 Å². The van der Waals surface area contributed by atoms with Crippen LogP contribution in [-0.4, -0.2) is 11.0 Å². The van der Waals surface area contributed by atoms with Crippen molar-refractivity contribution in [2.24, 2.45) is 5.73 Å². The van der Waals surface area contributed by atoms with Gasteiger partial charge in [0.15, 0.2) is 0 Å². The van der Waals surface area contributed by atoms with Crippen LogP contribution in [0, 0.1) is 12.7 Å². The van der Waals surface area contributed by atoms with Crippen molar-refractivity contribution in [3.05, 3.63) is 58.4 Å². The summed E-state index contributed by atoms with van der Waals surface area (Å²) in [7, 11) is 0. The number of primary amides is 1. The highest BCUT2D eigenvalue weighted by atomic mass is 35.5. The van der Waals surface area contributed by atoms with Gasteiger partial charge in [0.1, 0.15) is 17.6 Å². The lowest BCUT2D eigenvalue weighted by Gasteiger charge is -2.18. The van der Waals surface area contributed by atoms with Gasteiger partial charge in [0.05, 0.1) is 5.02 Å². The zero-order chi connectivity index (χ0) is 15.6. The Hall–Kier alpha value is -2.27. The predicted molar refractivity (Wildman–Crippen MR) is 79.8 cm³/mol. The van der Waals surface area contributed by atoms with Crippen LogP contribution in [0.3, 0.4) is 0 Å². The number of hydrogen-bond donors (Lipinski definition) is 3. The van der Waals surface area contributed by atoms with Crippen molar-refractivity contribution in [3.8, 4) is 5.75 Å². The Morgan fingerprint density at radius 1 is 1.33 bits per heavy atom. The first kappa shape index (κ1) is 15.1. The van der Waals surface area contributed by atoms with Gasteiger partial charge in [0.25, 0.3) is 0 Å². The molecule has 110 valence electrons. The van der Waals surface area contributed by atoms with Gasteiger partial charge in [-0.15, -0.1) is 0 Å². The average molecular weight is 309 g/mol. The fourth-order valence-corrected chi connectivity index (χ4v) is 2.20. The van der Waals surface area contributed by atoms with Crippen LogP contribution in [0.1, 0.15) is 17.2 Å². The maximum Gasteiger partial charge on any atom is 0.244 e. The molecule has 0 saturated heterocycles. The summed E-state index contributed by atoms with van der Waals surface area (Å²) >= 11 is 5.83. The summed E-state index contributed by atoms with van der Waals surface area (Å²) in [6.45, 7) is 1.74. The van der Waals surface area contributed by atoms with Crippen molar-refractivity contribution < 1.29 is 14.3 Å². The van der Waals surface area contributed by atoms with E-state index in [0.29, 0.717) is 16.8 Å². The van der Waals surface area contributed by atoms with Crippen LogP contribution >= 0.6 is 11.6 Å². The minimum absolute atomic E-state index is 0.0924. The van der Waals surface area contributed by atoms with Gasteiger partial charge in [-0.1, -0.05) is 17.7 Å². The van der Waals surface area contributed by atoms with Crippen LogP contribution in [0.2, 0.25) is 5.02 Å². The molecule has 0 spiro atoms. The lowest BCUT2D eigenvalue weighted by Crippen LogP contribution is -2.27. The summed E-state index contributed by atoms with van der Waals surface area (Å²) in [5.74, 6) is -1.15. The van der Waals surface area contributed by atoms with E-state index in [4.69, 9.17) is 17.3 Å². The van der Waals surface area contributed by atoms with Crippen LogP contribution in [0.5, 0.6) is 5.75 Å². The van der Waals surface area contributed by atoms with E-state index >= 15 is 0 Å². The Kier molecular flexibility index (Phi) is 4.33. The number of hydrogen-bond acceptors (Lipinski definition) is 3. The zero-order valence-electron chi connectivity index (χ0n) is 11.2. The Labute approximate surface area is 126 Å². The Morgan fingerprint density at radius 3 is 2.62 bits per heavy atom. The number of aryl methyl sites for hydroxylation is 1. The Morgan fingerprint density at radius 2 is 2.05 bits per heavy atom. The van der Waals surface area contributed by atoms with Gasteiger partial charge in [-0.3, -0.25) is 4.79 Å². The number of nitrogens with two attached hydrogens (primary N) is 1. The maximum atomic E-state index is 13.4. The standard InChI is InChI=1S/C15H14ClFN2O2/c1-8-4-10(17)7-11(5-8)19-14(15(18)21)9-2-3-13(20)12(16)6-9/h2-7,14,19-20H,1H3,(H2,18,21)/t14-/m0/s1. The molecule has 2 aromatic carbocycles. The highest BCUT2D eigenvalue weighted by Crippen LogP contribution is 2.28. The van der Waals surface area contributed by atoms with E-state index in [1.54, 1.807) is 13.0 Å². The first-order chi connectivity index (χ1) is 9.86. The smallest absolute Gasteiger partial charge is 0.244 e. The lowest BCUT2D eigenvalue weighted by molar-refractivity contribution is -0.118. The predicted octanol–water partition coefficient (Wildman–Crippen LogP) is 3.13. The molecule has 0 aliphatic heterocycles. The molecule has 21 heavy (non-hydrogen) atoms. The van der Waals surface area contributed by atoms with Crippen LogP contribution in [0.4, 0.5) is 10.1 Å². The number of amides is 1. The molecule has 0 fully saturated rings. The molecule has 6 heteroatoms. The quantitative estimate of drug-likeness (QED) is 0.812. The number of anilines is 1. The van der Waals surface area contributed by atoms with Crippen molar-refractivity contribution >= 4 is 23.2 Å². The summed E-state index contributed by atoms with van der Waals surface area (Å²) in [6, 6.07) is 7.78. The number of nitrogens with one attached hydrogen (secondary N) is 1. The number of carbonyl (C=O) groups excluding carboxylic acids is 1. The highest BCUT2D eigenvalue weighted by Gasteiger charge is 2.19. The molecule has 4 N–H and O–H groups in total. The van der Waals surface area contributed by atoms with E-state index in [0.717, 1.165) is 0 Å². The van der Waals surface area contributed by atoms with E-state index in [1.165, 1.54) is 30.3 Å². The van der Waals surface area contributed by atoms with E-state index in [9.17, 15) is 14.3 Å². The molecule has 0 aliphatic rings. The maximum absolute atomic E-state index is 13.4. The number of carbonyl (C=O) groups is 1. The van der Waals surface area contributed by atoms with Crippen molar-refractivity contribution in [3.63, 3.8) is 0 Å². The number of phenols is 1. The summed E-state index contributed by atoms with van der Waals surface area (Å²) < 4.78 is 13.4. The largest absolute Gasteiger partial charge is 0.506 e. The number of rotatable bonds is 4. The summed E-state index contributed by atoms with van der Waals surface area (Å²) in [5, 5.41) is 12.4. The molecule has 1 atom stereocenters. The van der Waals surface area contributed by atoms with Crippen LogP contribution in [0.25, 0.3) is 0 Å². The summed E-state index contributed by atoms with van der Waals surface area (Å²) in [6.07, 6.45) is 0. The second kappa shape index (κ2) is 6.01. The van der Waals surface area contributed by atoms with E-state index in [-0.39, 0.29) is 10.8 Å². The SMILES string of the molecule is Cc1cc(F)cc(N[C@H](C(N)=O)c2ccc(O)c(Cl)c2)c1.